The summed E-state index contributed by atoms with van der Waals surface area (Å²) in [6.45, 7) is 4.49. The maximum atomic E-state index is 13.6. The second kappa shape index (κ2) is 9.56. The maximum Gasteiger partial charge on any atom is 0.255 e. The van der Waals surface area contributed by atoms with Gasteiger partial charge in [0.05, 0.1) is 11.8 Å². The van der Waals surface area contributed by atoms with E-state index in [0.29, 0.717) is 42.6 Å². The fraction of sp³-hybridized carbons (Fsp3) is 0.409. The molecule has 30 heavy (non-hydrogen) atoms. The molecule has 0 unspecified atom stereocenters. The van der Waals surface area contributed by atoms with E-state index in [9.17, 15) is 18.8 Å². The smallest absolute Gasteiger partial charge is 0.255 e. The third kappa shape index (κ3) is 5.25. The lowest BCUT2D eigenvalue weighted by molar-refractivity contribution is -0.136. The predicted octanol–water partition coefficient (Wildman–Crippen LogP) is 2.40. The first-order valence-corrected chi connectivity index (χ1v) is 9.99. The van der Waals surface area contributed by atoms with Crippen LogP contribution in [-0.2, 0) is 16.1 Å². The molecule has 1 aliphatic rings. The third-order valence-corrected chi connectivity index (χ3v) is 5.38. The van der Waals surface area contributed by atoms with Gasteiger partial charge in [-0.15, -0.1) is 0 Å². The Labute approximate surface area is 174 Å². The minimum absolute atomic E-state index is 0.0932. The number of furan rings is 1. The number of amides is 3. The Morgan fingerprint density at radius 2 is 1.97 bits per heavy atom. The summed E-state index contributed by atoms with van der Waals surface area (Å²) in [6, 6.07) is 5.76. The lowest BCUT2D eigenvalue weighted by Gasteiger charge is -2.33. The molecule has 2 heterocycles. The normalized spacial score (nSPS) is 15.5. The van der Waals surface area contributed by atoms with Gasteiger partial charge in [-0.25, -0.2) is 4.39 Å². The SMILES string of the molecule is Cc1ccc(CNC(=O)C2CCN(C(=O)[C@@H](C)NC(=O)c3ccoc3)CC2)cc1F. The first-order chi connectivity index (χ1) is 14.3. The van der Waals surface area contributed by atoms with E-state index in [2.05, 4.69) is 10.6 Å². The number of nitrogens with one attached hydrogen (secondary N) is 2. The number of halogens is 1. The lowest BCUT2D eigenvalue weighted by Crippen LogP contribution is -2.50. The fourth-order valence-corrected chi connectivity index (χ4v) is 3.45. The standard InChI is InChI=1S/C22H26FN3O4/c1-14-3-4-16(11-19(14)23)12-24-20(27)17-5-8-26(9-6-17)22(29)15(2)25-21(28)18-7-10-30-13-18/h3-4,7,10-11,13,15,17H,5-6,8-9,12H2,1-2H3,(H,24,27)(H,25,28)/t15-/m1/s1. The molecule has 1 aromatic carbocycles. The highest BCUT2D eigenvalue weighted by Gasteiger charge is 2.30. The Bertz CT molecular complexity index is 905. The molecule has 0 saturated carbocycles. The van der Waals surface area contributed by atoms with E-state index in [-0.39, 0.29) is 36.0 Å². The van der Waals surface area contributed by atoms with Crippen LogP contribution in [0.25, 0.3) is 0 Å². The summed E-state index contributed by atoms with van der Waals surface area (Å²) in [7, 11) is 0. The van der Waals surface area contributed by atoms with Crippen molar-refractivity contribution in [2.45, 2.75) is 39.3 Å². The summed E-state index contributed by atoms with van der Waals surface area (Å²) in [6.07, 6.45) is 3.80. The Morgan fingerprint density at radius 1 is 1.23 bits per heavy atom. The van der Waals surface area contributed by atoms with E-state index in [4.69, 9.17) is 4.42 Å². The number of piperidine rings is 1. The van der Waals surface area contributed by atoms with Crippen molar-refractivity contribution in [2.75, 3.05) is 13.1 Å². The monoisotopic (exact) mass is 415 g/mol. The van der Waals surface area contributed by atoms with Crippen LogP contribution in [0.5, 0.6) is 0 Å². The molecule has 1 aliphatic heterocycles. The number of hydrogen-bond acceptors (Lipinski definition) is 4. The Hall–Kier alpha value is -3.16. The van der Waals surface area contributed by atoms with Crippen LogP contribution in [0.4, 0.5) is 4.39 Å². The summed E-state index contributed by atoms with van der Waals surface area (Å²) in [5, 5.41) is 5.51. The van der Waals surface area contributed by atoms with Gasteiger partial charge in [0.2, 0.25) is 11.8 Å². The van der Waals surface area contributed by atoms with Gasteiger partial charge in [0.25, 0.3) is 5.91 Å². The molecule has 3 amide bonds. The molecule has 160 valence electrons. The van der Waals surface area contributed by atoms with Crippen LogP contribution in [-0.4, -0.2) is 41.8 Å². The molecule has 1 fully saturated rings. The van der Waals surface area contributed by atoms with Crippen LogP contribution in [0.2, 0.25) is 0 Å². The summed E-state index contributed by atoms with van der Waals surface area (Å²) in [4.78, 5) is 38.8. The van der Waals surface area contributed by atoms with Gasteiger partial charge >= 0.3 is 0 Å². The second-order valence-electron chi connectivity index (χ2n) is 7.61. The van der Waals surface area contributed by atoms with E-state index < -0.39 is 6.04 Å². The number of rotatable bonds is 6. The molecular formula is C22H26FN3O4. The van der Waals surface area contributed by atoms with Crippen molar-refractivity contribution in [3.05, 3.63) is 59.3 Å². The van der Waals surface area contributed by atoms with Crippen LogP contribution in [0.15, 0.2) is 41.2 Å². The number of aryl methyl sites for hydroxylation is 1. The molecule has 3 rings (SSSR count). The van der Waals surface area contributed by atoms with E-state index in [1.165, 1.54) is 24.7 Å². The largest absolute Gasteiger partial charge is 0.472 e. The van der Waals surface area contributed by atoms with Crippen molar-refractivity contribution in [1.82, 2.24) is 15.5 Å². The van der Waals surface area contributed by atoms with Gasteiger partial charge in [0.15, 0.2) is 0 Å². The average Bonchev–Trinajstić information content (AvgIpc) is 3.29. The molecule has 2 N–H and O–H groups in total. The summed E-state index contributed by atoms with van der Waals surface area (Å²) in [5.41, 5.74) is 1.64. The summed E-state index contributed by atoms with van der Waals surface area (Å²) < 4.78 is 18.5. The minimum atomic E-state index is -0.672. The van der Waals surface area contributed by atoms with Gasteiger partial charge in [-0.2, -0.15) is 0 Å². The Morgan fingerprint density at radius 3 is 2.60 bits per heavy atom. The molecule has 7 nitrogen and oxygen atoms in total. The van der Waals surface area contributed by atoms with Gasteiger partial charge < -0.3 is 20.0 Å². The summed E-state index contributed by atoms with van der Waals surface area (Å²) in [5.74, 6) is -1.13. The number of likely N-dealkylation sites (tertiary alicyclic amines) is 1. The number of carbonyl (C=O) groups is 3. The number of benzene rings is 1. The van der Waals surface area contributed by atoms with Gasteiger partial charge in [0.1, 0.15) is 18.1 Å². The molecule has 1 saturated heterocycles. The van der Waals surface area contributed by atoms with Crippen molar-refractivity contribution in [3.63, 3.8) is 0 Å². The topological polar surface area (TPSA) is 91.7 Å². The third-order valence-electron chi connectivity index (χ3n) is 5.38. The molecule has 0 aliphatic carbocycles. The van der Waals surface area contributed by atoms with Crippen LogP contribution < -0.4 is 10.6 Å². The maximum absolute atomic E-state index is 13.6. The Kier molecular flexibility index (Phi) is 6.87. The molecule has 0 bridgehead atoms. The van der Waals surface area contributed by atoms with Crippen molar-refractivity contribution >= 4 is 17.7 Å². The molecule has 0 spiro atoms. The van der Waals surface area contributed by atoms with E-state index >= 15 is 0 Å². The van der Waals surface area contributed by atoms with Gasteiger partial charge in [0, 0.05) is 25.6 Å². The van der Waals surface area contributed by atoms with Gasteiger partial charge in [-0.05, 0) is 49.9 Å². The van der Waals surface area contributed by atoms with E-state index in [1.807, 2.05) is 0 Å². The van der Waals surface area contributed by atoms with Crippen molar-refractivity contribution in [2.24, 2.45) is 5.92 Å². The molecular weight excluding hydrogens is 389 g/mol. The molecule has 8 heteroatoms. The quantitative estimate of drug-likeness (QED) is 0.758. The van der Waals surface area contributed by atoms with Gasteiger partial charge in [-0.1, -0.05) is 12.1 Å². The molecule has 0 radical (unpaired) electrons. The van der Waals surface area contributed by atoms with Crippen LogP contribution >= 0.6 is 0 Å². The molecule has 1 atom stereocenters. The van der Waals surface area contributed by atoms with Crippen LogP contribution in [0.1, 0.15) is 41.3 Å². The number of carbonyl (C=O) groups excluding carboxylic acids is 3. The number of nitrogens with zero attached hydrogens (tertiary/aromatic N) is 1. The van der Waals surface area contributed by atoms with E-state index in [0.717, 1.165) is 0 Å². The highest BCUT2D eigenvalue weighted by Crippen LogP contribution is 2.19. The molecule has 1 aromatic heterocycles. The van der Waals surface area contributed by atoms with Crippen LogP contribution in [0.3, 0.4) is 0 Å². The fourth-order valence-electron chi connectivity index (χ4n) is 3.45. The van der Waals surface area contributed by atoms with Gasteiger partial charge in [-0.3, -0.25) is 14.4 Å². The number of hydrogen-bond donors (Lipinski definition) is 2. The predicted molar refractivity (Wildman–Crippen MR) is 108 cm³/mol. The zero-order valence-electron chi connectivity index (χ0n) is 17.1. The van der Waals surface area contributed by atoms with Crippen molar-refractivity contribution in [3.8, 4) is 0 Å². The zero-order chi connectivity index (χ0) is 21.7. The van der Waals surface area contributed by atoms with Crippen molar-refractivity contribution in [1.29, 1.82) is 0 Å². The highest BCUT2D eigenvalue weighted by atomic mass is 19.1. The summed E-state index contributed by atoms with van der Waals surface area (Å²) >= 11 is 0. The zero-order valence-corrected chi connectivity index (χ0v) is 17.1. The van der Waals surface area contributed by atoms with Crippen molar-refractivity contribution < 1.29 is 23.2 Å². The highest BCUT2D eigenvalue weighted by molar-refractivity contribution is 5.97. The minimum Gasteiger partial charge on any atom is -0.472 e. The lowest BCUT2D eigenvalue weighted by atomic mass is 9.95. The first-order valence-electron chi connectivity index (χ1n) is 9.99. The van der Waals surface area contributed by atoms with E-state index in [1.54, 1.807) is 30.9 Å². The van der Waals surface area contributed by atoms with Crippen LogP contribution in [0, 0.1) is 18.7 Å². The Balaban J connectivity index is 1.44. The molecule has 2 aromatic rings. The first kappa shape index (κ1) is 21.5. The average molecular weight is 415 g/mol. The second-order valence-corrected chi connectivity index (χ2v) is 7.61.